The number of Topliss-reactive ketones (excluding diaryl/α,β-unsaturated/α-hetero) is 1. The van der Waals surface area contributed by atoms with E-state index < -0.39 is 0 Å². The summed E-state index contributed by atoms with van der Waals surface area (Å²) >= 11 is 3.25. The highest BCUT2D eigenvalue weighted by atomic mass is 32.2. The molecule has 1 atom stereocenters. The highest BCUT2D eigenvalue weighted by Gasteiger charge is 2.20. The molecule has 1 saturated heterocycles. The van der Waals surface area contributed by atoms with Crippen LogP contribution in [0.5, 0.6) is 0 Å². The van der Waals surface area contributed by atoms with Gasteiger partial charge in [-0.05, 0) is 36.3 Å². The van der Waals surface area contributed by atoms with Gasteiger partial charge >= 0.3 is 0 Å². The average molecular weight is 413 g/mol. The summed E-state index contributed by atoms with van der Waals surface area (Å²) < 4.78 is 8.16. The maximum atomic E-state index is 12.2. The number of benzene rings is 1. The van der Waals surface area contributed by atoms with Crippen molar-refractivity contribution in [2.45, 2.75) is 43.5 Å². The predicted molar refractivity (Wildman–Crippen MR) is 115 cm³/mol. The fourth-order valence-electron chi connectivity index (χ4n) is 3.44. The molecule has 6 heteroatoms. The molecule has 28 heavy (non-hydrogen) atoms. The first-order valence-electron chi connectivity index (χ1n) is 9.73. The first kappa shape index (κ1) is 19.4. The SMILES string of the molecule is O=C(CCCSc1ncc(-c2ccccc2)n1C[C@@H]1CCCO1)c1cccs1. The topological polar surface area (TPSA) is 44.1 Å². The van der Waals surface area contributed by atoms with Gasteiger partial charge in [-0.3, -0.25) is 4.79 Å². The lowest BCUT2D eigenvalue weighted by Crippen LogP contribution is -2.16. The number of rotatable bonds is 9. The van der Waals surface area contributed by atoms with Crippen LogP contribution in [-0.2, 0) is 11.3 Å². The van der Waals surface area contributed by atoms with Gasteiger partial charge in [0, 0.05) is 18.8 Å². The molecule has 0 saturated carbocycles. The summed E-state index contributed by atoms with van der Waals surface area (Å²) in [6, 6.07) is 14.2. The largest absolute Gasteiger partial charge is 0.376 e. The molecule has 4 nitrogen and oxygen atoms in total. The first-order chi connectivity index (χ1) is 13.8. The fraction of sp³-hybridized carbons (Fsp3) is 0.364. The second-order valence-electron chi connectivity index (χ2n) is 6.89. The summed E-state index contributed by atoms with van der Waals surface area (Å²) in [5.41, 5.74) is 2.31. The van der Waals surface area contributed by atoms with E-state index in [1.54, 1.807) is 11.8 Å². The Morgan fingerprint density at radius 1 is 1.25 bits per heavy atom. The molecule has 0 N–H and O–H groups in total. The summed E-state index contributed by atoms with van der Waals surface area (Å²) in [6.07, 6.45) is 5.90. The average Bonchev–Trinajstić information content (AvgIpc) is 3.49. The standard InChI is InChI=1S/C22H24N2O2S2/c25-20(21-11-6-13-27-21)10-5-14-28-22-23-15-19(17-7-2-1-3-8-17)24(22)16-18-9-4-12-26-18/h1-3,6-8,11,13,15,18H,4-5,9-10,12,14,16H2/t18-/m0/s1. The molecule has 2 aromatic heterocycles. The van der Waals surface area contributed by atoms with Crippen LogP contribution < -0.4 is 0 Å². The van der Waals surface area contributed by atoms with Crippen molar-refractivity contribution >= 4 is 28.9 Å². The van der Waals surface area contributed by atoms with Crippen molar-refractivity contribution in [3.8, 4) is 11.3 Å². The number of ketones is 1. The van der Waals surface area contributed by atoms with E-state index in [0.717, 1.165) is 53.9 Å². The number of nitrogens with zero attached hydrogens (tertiary/aromatic N) is 2. The van der Waals surface area contributed by atoms with Gasteiger partial charge in [-0.1, -0.05) is 48.2 Å². The van der Waals surface area contributed by atoms with E-state index in [4.69, 9.17) is 4.74 Å². The molecule has 4 rings (SSSR count). The quantitative estimate of drug-likeness (QED) is 0.263. The fourth-order valence-corrected chi connectivity index (χ4v) is 5.06. The second-order valence-corrected chi connectivity index (χ2v) is 8.90. The summed E-state index contributed by atoms with van der Waals surface area (Å²) in [5.74, 6) is 1.12. The Morgan fingerprint density at radius 2 is 2.14 bits per heavy atom. The van der Waals surface area contributed by atoms with E-state index in [1.807, 2.05) is 29.8 Å². The van der Waals surface area contributed by atoms with Crippen LogP contribution in [0.25, 0.3) is 11.3 Å². The van der Waals surface area contributed by atoms with Crippen LogP contribution in [0.2, 0.25) is 0 Å². The van der Waals surface area contributed by atoms with Gasteiger partial charge < -0.3 is 9.30 Å². The third kappa shape index (κ3) is 4.74. The van der Waals surface area contributed by atoms with E-state index in [1.165, 1.54) is 16.9 Å². The molecule has 3 heterocycles. The maximum Gasteiger partial charge on any atom is 0.172 e. The number of thiophene rings is 1. The van der Waals surface area contributed by atoms with Crippen LogP contribution in [0.4, 0.5) is 0 Å². The van der Waals surface area contributed by atoms with E-state index >= 15 is 0 Å². The molecule has 146 valence electrons. The Bertz CT molecular complexity index is 885. The van der Waals surface area contributed by atoms with Crippen LogP contribution in [0.3, 0.4) is 0 Å². The highest BCUT2D eigenvalue weighted by molar-refractivity contribution is 7.99. The van der Waals surface area contributed by atoms with E-state index in [-0.39, 0.29) is 11.9 Å². The van der Waals surface area contributed by atoms with Crippen molar-refractivity contribution in [1.29, 1.82) is 0 Å². The monoisotopic (exact) mass is 412 g/mol. The Morgan fingerprint density at radius 3 is 2.89 bits per heavy atom. The minimum absolute atomic E-state index is 0.239. The number of ether oxygens (including phenoxy) is 1. The molecule has 1 aromatic carbocycles. The van der Waals surface area contributed by atoms with Crippen LogP contribution in [0.1, 0.15) is 35.4 Å². The van der Waals surface area contributed by atoms with Crippen molar-refractivity contribution in [3.63, 3.8) is 0 Å². The predicted octanol–water partition coefficient (Wildman–Crippen LogP) is 5.55. The molecule has 0 radical (unpaired) electrons. The Labute approximate surface area is 174 Å². The molecular formula is C22H24N2O2S2. The van der Waals surface area contributed by atoms with Crippen LogP contribution >= 0.6 is 23.1 Å². The zero-order valence-corrected chi connectivity index (χ0v) is 17.4. The van der Waals surface area contributed by atoms with Crippen molar-refractivity contribution in [3.05, 3.63) is 58.9 Å². The number of aromatic nitrogens is 2. The van der Waals surface area contributed by atoms with Crippen LogP contribution in [0.15, 0.2) is 59.2 Å². The van der Waals surface area contributed by atoms with E-state index in [0.29, 0.717) is 6.42 Å². The lowest BCUT2D eigenvalue weighted by atomic mass is 10.1. The van der Waals surface area contributed by atoms with Crippen LogP contribution in [0, 0.1) is 0 Å². The Balaban J connectivity index is 1.42. The van der Waals surface area contributed by atoms with Crippen LogP contribution in [-0.4, -0.2) is 33.8 Å². The van der Waals surface area contributed by atoms with Gasteiger partial charge in [-0.2, -0.15) is 0 Å². The molecule has 0 unspecified atom stereocenters. The van der Waals surface area contributed by atoms with E-state index in [2.05, 4.69) is 33.8 Å². The number of carbonyl (C=O) groups excluding carboxylic acids is 1. The molecule has 1 aliphatic rings. The summed E-state index contributed by atoms with van der Waals surface area (Å²) in [6.45, 7) is 1.69. The minimum Gasteiger partial charge on any atom is -0.376 e. The third-order valence-electron chi connectivity index (χ3n) is 4.87. The molecule has 0 bridgehead atoms. The number of imidazole rings is 1. The number of hydrogen-bond acceptors (Lipinski definition) is 5. The normalized spacial score (nSPS) is 16.5. The van der Waals surface area contributed by atoms with Crippen molar-refractivity contribution in [2.75, 3.05) is 12.4 Å². The number of carbonyl (C=O) groups is 1. The molecule has 1 fully saturated rings. The van der Waals surface area contributed by atoms with Gasteiger partial charge in [0.2, 0.25) is 0 Å². The second kappa shape index (κ2) is 9.54. The van der Waals surface area contributed by atoms with Crippen molar-refractivity contribution in [1.82, 2.24) is 9.55 Å². The molecule has 0 amide bonds. The molecule has 0 aliphatic carbocycles. The molecule has 0 spiro atoms. The zero-order valence-electron chi connectivity index (χ0n) is 15.8. The summed E-state index contributed by atoms with van der Waals surface area (Å²) in [7, 11) is 0. The highest BCUT2D eigenvalue weighted by Crippen LogP contribution is 2.29. The van der Waals surface area contributed by atoms with E-state index in [9.17, 15) is 4.79 Å². The van der Waals surface area contributed by atoms with Gasteiger partial charge in [0.1, 0.15) is 0 Å². The lowest BCUT2D eigenvalue weighted by molar-refractivity contribution is 0.0953. The zero-order chi connectivity index (χ0) is 19.2. The minimum atomic E-state index is 0.239. The maximum absolute atomic E-state index is 12.2. The first-order valence-corrected chi connectivity index (χ1v) is 11.6. The van der Waals surface area contributed by atoms with Crippen molar-refractivity contribution < 1.29 is 9.53 Å². The third-order valence-corrected chi connectivity index (χ3v) is 6.86. The van der Waals surface area contributed by atoms with Gasteiger partial charge in [-0.15, -0.1) is 11.3 Å². The van der Waals surface area contributed by atoms with Gasteiger partial charge in [-0.25, -0.2) is 4.98 Å². The van der Waals surface area contributed by atoms with Gasteiger partial charge in [0.05, 0.1) is 29.4 Å². The molecule has 3 aromatic rings. The van der Waals surface area contributed by atoms with Gasteiger partial charge in [0.15, 0.2) is 10.9 Å². The van der Waals surface area contributed by atoms with Gasteiger partial charge in [0.25, 0.3) is 0 Å². The summed E-state index contributed by atoms with van der Waals surface area (Å²) in [5, 5.41) is 2.97. The molecular weight excluding hydrogens is 388 g/mol. The number of hydrogen-bond donors (Lipinski definition) is 0. The Kier molecular flexibility index (Phi) is 6.62. The van der Waals surface area contributed by atoms with Crippen molar-refractivity contribution in [2.24, 2.45) is 0 Å². The lowest BCUT2D eigenvalue weighted by Gasteiger charge is -2.16. The number of thioether (sulfide) groups is 1. The smallest absolute Gasteiger partial charge is 0.172 e. The summed E-state index contributed by atoms with van der Waals surface area (Å²) in [4.78, 5) is 17.7. The Hall–Kier alpha value is -1.89. The molecule has 1 aliphatic heterocycles.